The highest BCUT2D eigenvalue weighted by Gasteiger charge is 2.12. The lowest BCUT2D eigenvalue weighted by molar-refractivity contribution is 0.0997. The molecule has 2 rings (SSSR count). The molecule has 3 N–H and O–H groups in total. The topological polar surface area (TPSA) is 81.0 Å². The molecule has 1 aromatic carbocycles. The van der Waals surface area contributed by atoms with Crippen molar-refractivity contribution in [3.8, 4) is 16.9 Å². The van der Waals surface area contributed by atoms with Crippen LogP contribution in [-0.2, 0) is 0 Å². The summed E-state index contributed by atoms with van der Waals surface area (Å²) in [5.74, 6) is -0.0350. The number of benzene rings is 1. The first kappa shape index (κ1) is 11.2. The van der Waals surface area contributed by atoms with Crippen LogP contribution in [0, 0.1) is 6.92 Å². The number of carbonyl (C=O) groups is 1. The Balaban J connectivity index is 2.55. The van der Waals surface area contributed by atoms with Gasteiger partial charge in [-0.05, 0) is 24.6 Å². The molecule has 88 valence electrons. The molecular formula is C12H13N3O2. The van der Waals surface area contributed by atoms with Crippen LogP contribution in [0.15, 0.2) is 24.4 Å². The van der Waals surface area contributed by atoms with E-state index >= 15 is 0 Å². The number of nitrogens with zero attached hydrogens (tertiary/aromatic N) is 1. The monoisotopic (exact) mass is 231 g/mol. The maximum absolute atomic E-state index is 11.3. The van der Waals surface area contributed by atoms with E-state index < -0.39 is 5.91 Å². The molecule has 17 heavy (non-hydrogen) atoms. The van der Waals surface area contributed by atoms with Gasteiger partial charge in [-0.25, -0.2) is 0 Å². The van der Waals surface area contributed by atoms with Gasteiger partial charge in [0.15, 0.2) is 0 Å². The quantitative estimate of drug-likeness (QED) is 0.839. The minimum atomic E-state index is -0.509. The molecule has 5 heteroatoms. The van der Waals surface area contributed by atoms with Crippen LogP contribution in [0.2, 0.25) is 0 Å². The van der Waals surface area contributed by atoms with Gasteiger partial charge in [-0.1, -0.05) is 6.07 Å². The van der Waals surface area contributed by atoms with E-state index in [9.17, 15) is 4.79 Å². The lowest BCUT2D eigenvalue weighted by Crippen LogP contribution is -2.12. The number of H-pyrrole nitrogens is 1. The van der Waals surface area contributed by atoms with Crippen molar-refractivity contribution in [1.29, 1.82) is 0 Å². The molecule has 0 aliphatic rings. The Labute approximate surface area is 98.6 Å². The summed E-state index contributed by atoms with van der Waals surface area (Å²) in [5, 5.41) is 6.79. The number of methoxy groups -OCH3 is 1. The molecular weight excluding hydrogens is 218 g/mol. The SMILES string of the molecule is COc1ccc(-c2cn[nH]c2C)cc1C(N)=O. The molecule has 2 aromatic rings. The predicted octanol–water partition coefficient (Wildman–Crippen LogP) is 1.49. The van der Waals surface area contributed by atoms with Gasteiger partial charge in [-0.3, -0.25) is 9.89 Å². The zero-order valence-electron chi connectivity index (χ0n) is 9.65. The van der Waals surface area contributed by atoms with Crippen molar-refractivity contribution < 1.29 is 9.53 Å². The highest BCUT2D eigenvalue weighted by molar-refractivity contribution is 5.97. The first-order chi connectivity index (χ1) is 8.13. The summed E-state index contributed by atoms with van der Waals surface area (Å²) in [5.41, 5.74) is 8.43. The van der Waals surface area contributed by atoms with Crippen LogP contribution in [-0.4, -0.2) is 23.2 Å². The molecule has 5 nitrogen and oxygen atoms in total. The smallest absolute Gasteiger partial charge is 0.252 e. The van der Waals surface area contributed by atoms with E-state index in [4.69, 9.17) is 10.5 Å². The predicted molar refractivity (Wildman–Crippen MR) is 63.8 cm³/mol. The number of carbonyl (C=O) groups excluding carboxylic acids is 1. The molecule has 0 atom stereocenters. The highest BCUT2D eigenvalue weighted by Crippen LogP contribution is 2.27. The zero-order chi connectivity index (χ0) is 12.4. The molecule has 0 saturated heterocycles. The normalized spacial score (nSPS) is 10.2. The molecule has 0 radical (unpaired) electrons. The van der Waals surface area contributed by atoms with Crippen LogP contribution in [0.3, 0.4) is 0 Å². The number of hydrogen-bond donors (Lipinski definition) is 2. The minimum absolute atomic E-state index is 0.366. The van der Waals surface area contributed by atoms with E-state index in [0.717, 1.165) is 16.8 Å². The van der Waals surface area contributed by atoms with Gasteiger partial charge < -0.3 is 10.5 Å². The van der Waals surface area contributed by atoms with Gasteiger partial charge >= 0.3 is 0 Å². The van der Waals surface area contributed by atoms with E-state index in [2.05, 4.69) is 10.2 Å². The second kappa shape index (κ2) is 4.29. The number of amides is 1. The molecule has 0 fully saturated rings. The third-order valence-electron chi connectivity index (χ3n) is 2.61. The average molecular weight is 231 g/mol. The van der Waals surface area contributed by atoms with Gasteiger partial charge in [0.2, 0.25) is 0 Å². The first-order valence-electron chi connectivity index (χ1n) is 5.11. The number of hydrogen-bond acceptors (Lipinski definition) is 3. The number of aromatic amines is 1. The lowest BCUT2D eigenvalue weighted by Gasteiger charge is -2.07. The molecule has 1 amide bonds. The number of aromatic nitrogens is 2. The van der Waals surface area contributed by atoms with Crippen molar-refractivity contribution in [2.75, 3.05) is 7.11 Å². The maximum Gasteiger partial charge on any atom is 0.252 e. The van der Waals surface area contributed by atoms with Crippen LogP contribution in [0.25, 0.3) is 11.1 Å². The fraction of sp³-hybridized carbons (Fsp3) is 0.167. The van der Waals surface area contributed by atoms with Crippen LogP contribution >= 0.6 is 0 Å². The second-order valence-electron chi connectivity index (χ2n) is 3.69. The summed E-state index contributed by atoms with van der Waals surface area (Å²) in [4.78, 5) is 11.3. The number of ether oxygens (including phenoxy) is 1. The number of rotatable bonds is 3. The van der Waals surface area contributed by atoms with Gasteiger partial charge in [0.05, 0.1) is 18.9 Å². The molecule has 0 saturated carbocycles. The van der Waals surface area contributed by atoms with Gasteiger partial charge in [-0.15, -0.1) is 0 Å². The van der Waals surface area contributed by atoms with E-state index in [1.165, 1.54) is 7.11 Å². The Bertz CT molecular complexity index is 561. The van der Waals surface area contributed by atoms with E-state index in [-0.39, 0.29) is 0 Å². The summed E-state index contributed by atoms with van der Waals surface area (Å²) >= 11 is 0. The van der Waals surface area contributed by atoms with Crippen molar-refractivity contribution in [2.45, 2.75) is 6.92 Å². The largest absolute Gasteiger partial charge is 0.496 e. The Hall–Kier alpha value is -2.30. The van der Waals surface area contributed by atoms with Crippen molar-refractivity contribution in [1.82, 2.24) is 10.2 Å². The van der Waals surface area contributed by atoms with Gasteiger partial charge in [0.25, 0.3) is 5.91 Å². The molecule has 1 heterocycles. The molecule has 0 unspecified atom stereocenters. The second-order valence-corrected chi connectivity index (χ2v) is 3.69. The fourth-order valence-electron chi connectivity index (χ4n) is 1.71. The Morgan fingerprint density at radius 3 is 2.76 bits per heavy atom. The third kappa shape index (κ3) is 1.99. The highest BCUT2D eigenvalue weighted by atomic mass is 16.5. The standard InChI is InChI=1S/C12H13N3O2/c1-7-10(6-14-15-7)8-3-4-11(17-2)9(5-8)12(13)16/h3-6H,1-2H3,(H2,13,16)(H,14,15). The number of nitrogens with two attached hydrogens (primary N) is 1. The van der Waals surface area contributed by atoms with E-state index in [0.29, 0.717) is 11.3 Å². The first-order valence-corrected chi connectivity index (χ1v) is 5.11. The Kier molecular flexibility index (Phi) is 2.82. The molecule has 1 aromatic heterocycles. The van der Waals surface area contributed by atoms with Crippen LogP contribution in [0.4, 0.5) is 0 Å². The molecule has 0 spiro atoms. The Morgan fingerprint density at radius 1 is 1.47 bits per heavy atom. The zero-order valence-corrected chi connectivity index (χ0v) is 9.65. The number of nitrogens with one attached hydrogen (secondary N) is 1. The van der Waals surface area contributed by atoms with E-state index in [1.807, 2.05) is 13.0 Å². The molecule has 0 bridgehead atoms. The summed E-state index contributed by atoms with van der Waals surface area (Å²) in [7, 11) is 1.50. The van der Waals surface area contributed by atoms with Gasteiger partial charge in [0.1, 0.15) is 5.75 Å². The summed E-state index contributed by atoms with van der Waals surface area (Å²) in [6, 6.07) is 5.30. The number of aryl methyl sites for hydroxylation is 1. The number of primary amides is 1. The fourth-order valence-corrected chi connectivity index (χ4v) is 1.71. The summed E-state index contributed by atoms with van der Waals surface area (Å²) < 4.78 is 5.08. The summed E-state index contributed by atoms with van der Waals surface area (Å²) in [6.45, 7) is 1.91. The van der Waals surface area contributed by atoms with Gasteiger partial charge in [-0.2, -0.15) is 5.10 Å². The molecule has 0 aliphatic carbocycles. The maximum atomic E-state index is 11.3. The van der Waals surface area contributed by atoms with Crippen molar-refractivity contribution in [2.24, 2.45) is 5.73 Å². The van der Waals surface area contributed by atoms with Gasteiger partial charge in [0, 0.05) is 11.3 Å². The minimum Gasteiger partial charge on any atom is -0.496 e. The molecule has 0 aliphatic heterocycles. The van der Waals surface area contributed by atoms with Crippen LogP contribution in [0.5, 0.6) is 5.75 Å². The van der Waals surface area contributed by atoms with Crippen LogP contribution in [0.1, 0.15) is 16.1 Å². The lowest BCUT2D eigenvalue weighted by atomic mass is 10.0. The van der Waals surface area contributed by atoms with Crippen molar-refractivity contribution in [3.05, 3.63) is 35.7 Å². The van der Waals surface area contributed by atoms with Crippen LogP contribution < -0.4 is 10.5 Å². The van der Waals surface area contributed by atoms with E-state index in [1.54, 1.807) is 18.3 Å². The summed E-state index contributed by atoms with van der Waals surface area (Å²) in [6.07, 6.45) is 1.71. The average Bonchev–Trinajstić information content (AvgIpc) is 2.74. The third-order valence-corrected chi connectivity index (χ3v) is 2.61. The van der Waals surface area contributed by atoms with Crippen molar-refractivity contribution in [3.63, 3.8) is 0 Å². The van der Waals surface area contributed by atoms with Crippen molar-refractivity contribution >= 4 is 5.91 Å². The Morgan fingerprint density at radius 2 is 2.24 bits per heavy atom.